The van der Waals surface area contributed by atoms with E-state index in [1.54, 1.807) is 0 Å². The van der Waals surface area contributed by atoms with E-state index in [1.165, 1.54) is 0 Å². The molecular weight excluding hydrogens is 304 g/mol. The predicted molar refractivity (Wildman–Crippen MR) is 94.0 cm³/mol. The van der Waals surface area contributed by atoms with Crippen molar-refractivity contribution in [1.29, 1.82) is 0 Å². The normalized spacial score (nSPS) is 26.6. The van der Waals surface area contributed by atoms with Crippen molar-refractivity contribution >= 4 is 11.6 Å². The van der Waals surface area contributed by atoms with Gasteiger partial charge in [-0.2, -0.15) is 0 Å². The molecule has 0 saturated heterocycles. The minimum absolute atomic E-state index is 0.0985. The molecule has 2 aliphatic rings. The van der Waals surface area contributed by atoms with Gasteiger partial charge in [0.15, 0.2) is 0 Å². The van der Waals surface area contributed by atoms with Crippen LogP contribution in [0.2, 0.25) is 0 Å². The first-order valence-corrected chi connectivity index (χ1v) is 9.12. The number of aliphatic hydroxyl groups excluding tert-OH is 1. The van der Waals surface area contributed by atoms with Crippen molar-refractivity contribution in [3.05, 3.63) is 24.3 Å². The van der Waals surface area contributed by atoms with Crippen LogP contribution in [0.15, 0.2) is 24.3 Å². The van der Waals surface area contributed by atoms with E-state index in [0.29, 0.717) is 0 Å². The summed E-state index contributed by atoms with van der Waals surface area (Å²) in [5, 5.41) is 12.9. The Morgan fingerprint density at radius 1 is 1.08 bits per heavy atom. The van der Waals surface area contributed by atoms with E-state index >= 15 is 0 Å². The Morgan fingerprint density at radius 3 is 2.42 bits per heavy atom. The Bertz CT molecular complexity index is 552. The van der Waals surface area contributed by atoms with Crippen LogP contribution >= 0.6 is 0 Å². The van der Waals surface area contributed by atoms with Gasteiger partial charge in [0, 0.05) is 5.69 Å². The maximum atomic E-state index is 12.4. The third-order valence-electron chi connectivity index (χ3n) is 5.27. The predicted octanol–water partition coefficient (Wildman–Crippen LogP) is 2.97. The topological polar surface area (TPSA) is 84.6 Å². The van der Waals surface area contributed by atoms with Crippen molar-refractivity contribution in [2.75, 3.05) is 5.32 Å². The van der Waals surface area contributed by atoms with E-state index in [4.69, 9.17) is 10.5 Å². The minimum atomic E-state index is -0.736. The third kappa shape index (κ3) is 4.08. The third-order valence-corrected chi connectivity index (χ3v) is 5.27. The van der Waals surface area contributed by atoms with E-state index in [9.17, 15) is 9.90 Å². The second-order valence-electron chi connectivity index (χ2n) is 7.20. The summed E-state index contributed by atoms with van der Waals surface area (Å²) in [7, 11) is 0. The zero-order valence-electron chi connectivity index (χ0n) is 14.2. The highest BCUT2D eigenvalue weighted by molar-refractivity contribution is 5.98. The summed E-state index contributed by atoms with van der Waals surface area (Å²) >= 11 is 0. The molecule has 0 spiro atoms. The number of amides is 1. The molecule has 1 aromatic rings. The number of carbonyl (C=O) groups excluding carboxylic acids is 1. The minimum Gasteiger partial charge on any atom is -0.488 e. The second-order valence-corrected chi connectivity index (χ2v) is 7.20. The summed E-state index contributed by atoms with van der Waals surface area (Å²) in [5.41, 5.74) is 6.25. The average molecular weight is 332 g/mol. The van der Waals surface area contributed by atoms with Crippen LogP contribution in [0.1, 0.15) is 57.8 Å². The molecule has 0 bridgehead atoms. The molecule has 0 heterocycles. The number of rotatable bonds is 4. The summed E-state index contributed by atoms with van der Waals surface area (Å²) in [6, 6.07) is 7.32. The van der Waals surface area contributed by atoms with Gasteiger partial charge in [0.1, 0.15) is 11.9 Å². The Morgan fingerprint density at radius 2 is 1.75 bits per heavy atom. The van der Waals surface area contributed by atoms with Crippen LogP contribution in [0.3, 0.4) is 0 Å². The first kappa shape index (κ1) is 17.2. The molecule has 0 aromatic heterocycles. The number of nitrogens with one attached hydrogen (secondary N) is 1. The fraction of sp³-hybridized carbons (Fsp3) is 0.632. The number of hydrogen-bond donors (Lipinski definition) is 3. The van der Waals surface area contributed by atoms with Gasteiger partial charge in [0.25, 0.3) is 0 Å². The van der Waals surface area contributed by atoms with Crippen LogP contribution in [0.25, 0.3) is 0 Å². The average Bonchev–Trinajstić information content (AvgIpc) is 2.59. The van der Waals surface area contributed by atoms with Gasteiger partial charge in [-0.3, -0.25) is 4.79 Å². The van der Waals surface area contributed by atoms with Crippen LogP contribution in [-0.4, -0.2) is 28.8 Å². The van der Waals surface area contributed by atoms with Gasteiger partial charge in [0.2, 0.25) is 5.91 Å². The molecule has 2 fully saturated rings. The summed E-state index contributed by atoms with van der Waals surface area (Å²) in [4.78, 5) is 12.4. The number of benzene rings is 1. The lowest BCUT2D eigenvalue weighted by atomic mass is 9.82. The van der Waals surface area contributed by atoms with Crippen molar-refractivity contribution in [1.82, 2.24) is 0 Å². The number of carbonyl (C=O) groups is 1. The van der Waals surface area contributed by atoms with Gasteiger partial charge in [-0.05, 0) is 56.4 Å². The Kier molecular flexibility index (Phi) is 5.41. The molecular formula is C19H28N2O3. The zero-order valence-corrected chi connectivity index (χ0v) is 14.2. The highest BCUT2D eigenvalue weighted by Crippen LogP contribution is 2.28. The Balaban J connectivity index is 1.57. The highest BCUT2D eigenvalue weighted by Gasteiger charge is 2.35. The van der Waals surface area contributed by atoms with E-state index in [1.807, 2.05) is 24.3 Å². The van der Waals surface area contributed by atoms with E-state index in [-0.39, 0.29) is 18.1 Å². The molecule has 4 N–H and O–H groups in total. The van der Waals surface area contributed by atoms with E-state index < -0.39 is 5.54 Å². The van der Waals surface area contributed by atoms with Gasteiger partial charge in [-0.15, -0.1) is 0 Å². The SMILES string of the molecule is NC1(C(=O)Nc2ccc(OC3CCCCC3O)cc2)CCCCC1. The number of hydrogen-bond acceptors (Lipinski definition) is 4. The maximum absolute atomic E-state index is 12.4. The molecule has 5 nitrogen and oxygen atoms in total. The molecule has 1 aromatic carbocycles. The maximum Gasteiger partial charge on any atom is 0.244 e. The monoisotopic (exact) mass is 332 g/mol. The molecule has 2 saturated carbocycles. The molecule has 3 rings (SSSR count). The van der Waals surface area contributed by atoms with Crippen molar-refractivity contribution in [2.45, 2.75) is 75.5 Å². The number of ether oxygens (including phenoxy) is 1. The summed E-state index contributed by atoms with van der Waals surface area (Å²) in [6.45, 7) is 0. The van der Waals surface area contributed by atoms with Gasteiger partial charge >= 0.3 is 0 Å². The van der Waals surface area contributed by atoms with Gasteiger partial charge in [0.05, 0.1) is 11.6 Å². The number of nitrogens with two attached hydrogens (primary N) is 1. The summed E-state index contributed by atoms with van der Waals surface area (Å²) < 4.78 is 5.88. The molecule has 132 valence electrons. The number of aliphatic hydroxyl groups is 1. The van der Waals surface area contributed by atoms with Crippen LogP contribution in [0.5, 0.6) is 5.75 Å². The molecule has 0 aliphatic heterocycles. The Hall–Kier alpha value is -1.59. The summed E-state index contributed by atoms with van der Waals surface area (Å²) in [6.07, 6.45) is 8.01. The van der Waals surface area contributed by atoms with Gasteiger partial charge < -0.3 is 20.9 Å². The lowest BCUT2D eigenvalue weighted by Crippen LogP contribution is -2.52. The molecule has 24 heavy (non-hydrogen) atoms. The van der Waals surface area contributed by atoms with Crippen molar-refractivity contribution in [2.24, 2.45) is 5.73 Å². The van der Waals surface area contributed by atoms with Gasteiger partial charge in [-0.1, -0.05) is 25.7 Å². The van der Waals surface area contributed by atoms with Crippen molar-refractivity contribution in [3.8, 4) is 5.75 Å². The van der Waals surface area contributed by atoms with E-state index in [0.717, 1.165) is 69.2 Å². The molecule has 5 heteroatoms. The van der Waals surface area contributed by atoms with Crippen molar-refractivity contribution < 1.29 is 14.6 Å². The van der Waals surface area contributed by atoms with Crippen LogP contribution in [-0.2, 0) is 4.79 Å². The quantitative estimate of drug-likeness (QED) is 0.791. The fourth-order valence-corrected chi connectivity index (χ4v) is 3.67. The van der Waals surface area contributed by atoms with Crippen LogP contribution < -0.4 is 15.8 Å². The lowest BCUT2D eigenvalue weighted by Gasteiger charge is -2.31. The first-order valence-electron chi connectivity index (χ1n) is 9.12. The Labute approximate surface area is 143 Å². The van der Waals surface area contributed by atoms with Crippen LogP contribution in [0, 0.1) is 0 Å². The molecule has 2 atom stereocenters. The summed E-state index contributed by atoms with van der Waals surface area (Å²) in [5.74, 6) is 0.623. The molecule has 0 radical (unpaired) electrons. The molecule has 1 amide bonds. The van der Waals surface area contributed by atoms with Gasteiger partial charge in [-0.25, -0.2) is 0 Å². The van der Waals surface area contributed by atoms with Crippen LogP contribution in [0.4, 0.5) is 5.69 Å². The number of anilines is 1. The van der Waals surface area contributed by atoms with E-state index in [2.05, 4.69) is 5.32 Å². The standard InChI is InChI=1S/C19H28N2O3/c20-19(12-4-1-5-13-19)18(23)21-14-8-10-15(11-9-14)24-17-7-3-2-6-16(17)22/h8-11,16-17,22H,1-7,12-13,20H2,(H,21,23). The highest BCUT2D eigenvalue weighted by atomic mass is 16.5. The smallest absolute Gasteiger partial charge is 0.244 e. The largest absolute Gasteiger partial charge is 0.488 e. The van der Waals surface area contributed by atoms with Crippen molar-refractivity contribution in [3.63, 3.8) is 0 Å². The lowest BCUT2D eigenvalue weighted by molar-refractivity contribution is -0.122. The zero-order chi connectivity index (χ0) is 17.0. The first-order chi connectivity index (χ1) is 11.6. The fourth-order valence-electron chi connectivity index (χ4n) is 3.67. The molecule has 2 aliphatic carbocycles. The molecule has 2 unspecified atom stereocenters. The second kappa shape index (κ2) is 7.53.